The Morgan fingerprint density at radius 1 is 1.54 bits per heavy atom. The highest BCUT2D eigenvalue weighted by Crippen LogP contribution is 2.27. The lowest BCUT2D eigenvalue weighted by Crippen LogP contribution is -2.02. The third-order valence-corrected chi connectivity index (χ3v) is 4.36. The molecule has 2 nitrogen and oxygen atoms in total. The van der Waals surface area contributed by atoms with E-state index in [0.717, 1.165) is 15.8 Å². The van der Waals surface area contributed by atoms with Gasteiger partial charge in [-0.1, -0.05) is 18.7 Å². The van der Waals surface area contributed by atoms with E-state index in [4.69, 9.17) is 5.11 Å². The average Bonchev–Trinajstić information content (AvgIpc) is 2.42. The highest BCUT2D eigenvalue weighted by atomic mass is 32.2. The Bertz CT molecular complexity index is 253. The maximum absolute atomic E-state index is 8.84. The second-order valence-corrected chi connectivity index (χ2v) is 5.69. The van der Waals surface area contributed by atoms with E-state index in [9.17, 15) is 0 Å². The van der Waals surface area contributed by atoms with E-state index in [2.05, 4.69) is 11.9 Å². The lowest BCUT2D eigenvalue weighted by atomic mass is 10.2. The van der Waals surface area contributed by atoms with Gasteiger partial charge in [-0.05, 0) is 19.8 Å². The zero-order valence-corrected chi connectivity index (χ0v) is 9.84. The molecule has 0 amide bonds. The van der Waals surface area contributed by atoms with Crippen molar-refractivity contribution in [3.05, 3.63) is 10.6 Å². The second-order valence-electron chi connectivity index (χ2n) is 3.22. The van der Waals surface area contributed by atoms with Crippen LogP contribution >= 0.6 is 23.1 Å². The number of hydrogen-bond donors (Lipinski definition) is 1. The Labute approximate surface area is 87.4 Å². The van der Waals surface area contributed by atoms with E-state index in [0.29, 0.717) is 5.92 Å². The molecular weight excluding hydrogens is 202 g/mol. The van der Waals surface area contributed by atoms with Crippen molar-refractivity contribution in [2.45, 2.75) is 25.1 Å². The minimum Gasteiger partial charge on any atom is -0.396 e. The number of aromatic nitrogens is 1. The van der Waals surface area contributed by atoms with Crippen LogP contribution in [0, 0.1) is 19.8 Å². The molecule has 1 heterocycles. The van der Waals surface area contributed by atoms with Crippen LogP contribution in [0.5, 0.6) is 0 Å². The third-order valence-electron chi connectivity index (χ3n) is 1.81. The summed E-state index contributed by atoms with van der Waals surface area (Å²) in [6.45, 7) is 6.43. The van der Waals surface area contributed by atoms with Crippen molar-refractivity contribution in [1.82, 2.24) is 4.98 Å². The molecule has 13 heavy (non-hydrogen) atoms. The molecule has 0 bridgehead atoms. The van der Waals surface area contributed by atoms with Gasteiger partial charge < -0.3 is 5.11 Å². The number of aliphatic hydroxyl groups is 1. The Morgan fingerprint density at radius 3 is 2.69 bits per heavy atom. The van der Waals surface area contributed by atoms with Gasteiger partial charge in [-0.3, -0.25) is 0 Å². The Morgan fingerprint density at radius 2 is 2.23 bits per heavy atom. The summed E-state index contributed by atoms with van der Waals surface area (Å²) >= 11 is 3.47. The van der Waals surface area contributed by atoms with Gasteiger partial charge in [0.15, 0.2) is 0 Å². The zero-order chi connectivity index (χ0) is 9.84. The van der Waals surface area contributed by atoms with Gasteiger partial charge >= 0.3 is 0 Å². The van der Waals surface area contributed by atoms with Crippen molar-refractivity contribution in [2.24, 2.45) is 5.92 Å². The number of thiazole rings is 1. The summed E-state index contributed by atoms with van der Waals surface area (Å²) in [5.74, 6) is 1.30. The van der Waals surface area contributed by atoms with Gasteiger partial charge in [0.1, 0.15) is 4.34 Å². The van der Waals surface area contributed by atoms with E-state index in [-0.39, 0.29) is 6.61 Å². The standard InChI is InChI=1S/C9H15NOS2/c1-6(4-11)5-12-9-10-7(2)8(3)13-9/h6,11H,4-5H2,1-3H3. The Balaban J connectivity index is 2.45. The monoisotopic (exact) mass is 217 g/mol. The van der Waals surface area contributed by atoms with Crippen LogP contribution in [0.3, 0.4) is 0 Å². The average molecular weight is 217 g/mol. The number of nitrogens with zero attached hydrogens (tertiary/aromatic N) is 1. The van der Waals surface area contributed by atoms with Crippen molar-refractivity contribution in [2.75, 3.05) is 12.4 Å². The van der Waals surface area contributed by atoms with E-state index < -0.39 is 0 Å². The van der Waals surface area contributed by atoms with Crippen LogP contribution in [0.15, 0.2) is 4.34 Å². The molecule has 1 rings (SSSR count). The van der Waals surface area contributed by atoms with Crippen LogP contribution in [0.2, 0.25) is 0 Å². The van der Waals surface area contributed by atoms with Gasteiger partial charge in [-0.15, -0.1) is 11.3 Å². The smallest absolute Gasteiger partial charge is 0.150 e. The predicted octanol–water partition coefficient (Wildman–Crippen LogP) is 2.48. The SMILES string of the molecule is Cc1nc(SCC(C)CO)sc1C. The van der Waals surface area contributed by atoms with Crippen molar-refractivity contribution < 1.29 is 5.11 Å². The van der Waals surface area contributed by atoms with E-state index >= 15 is 0 Å². The van der Waals surface area contributed by atoms with Crippen LogP contribution in [0.25, 0.3) is 0 Å². The van der Waals surface area contributed by atoms with Crippen LogP contribution in [-0.4, -0.2) is 22.5 Å². The molecular formula is C9H15NOS2. The molecule has 0 aliphatic carbocycles. The van der Waals surface area contributed by atoms with Gasteiger partial charge in [0, 0.05) is 17.2 Å². The van der Waals surface area contributed by atoms with Crippen molar-refractivity contribution in [3.8, 4) is 0 Å². The number of hydrogen-bond acceptors (Lipinski definition) is 4. The predicted molar refractivity (Wildman–Crippen MR) is 58.6 cm³/mol. The topological polar surface area (TPSA) is 33.1 Å². The maximum atomic E-state index is 8.84. The van der Waals surface area contributed by atoms with Crippen molar-refractivity contribution >= 4 is 23.1 Å². The highest BCUT2D eigenvalue weighted by Gasteiger charge is 2.06. The number of rotatable bonds is 4. The molecule has 0 saturated carbocycles. The van der Waals surface area contributed by atoms with E-state index in [1.165, 1.54) is 4.88 Å². The summed E-state index contributed by atoms with van der Waals surface area (Å²) in [6.07, 6.45) is 0. The molecule has 4 heteroatoms. The summed E-state index contributed by atoms with van der Waals surface area (Å²) in [6, 6.07) is 0. The molecule has 1 unspecified atom stereocenters. The van der Waals surface area contributed by atoms with Gasteiger partial charge in [-0.2, -0.15) is 0 Å². The molecule has 0 spiro atoms. The number of aliphatic hydroxyl groups excluding tert-OH is 1. The van der Waals surface area contributed by atoms with Crippen LogP contribution < -0.4 is 0 Å². The largest absolute Gasteiger partial charge is 0.396 e. The minimum atomic E-state index is 0.260. The molecule has 0 radical (unpaired) electrons. The van der Waals surface area contributed by atoms with Gasteiger partial charge in [-0.25, -0.2) is 4.98 Å². The van der Waals surface area contributed by atoms with Crippen molar-refractivity contribution in [1.29, 1.82) is 0 Å². The molecule has 1 aromatic rings. The fraction of sp³-hybridized carbons (Fsp3) is 0.667. The first kappa shape index (κ1) is 11.0. The molecule has 1 atom stereocenters. The van der Waals surface area contributed by atoms with Crippen LogP contribution in [-0.2, 0) is 0 Å². The molecule has 0 saturated heterocycles. The molecule has 0 aliphatic heterocycles. The maximum Gasteiger partial charge on any atom is 0.150 e. The molecule has 0 aromatic carbocycles. The summed E-state index contributed by atoms with van der Waals surface area (Å²) in [7, 11) is 0. The summed E-state index contributed by atoms with van der Waals surface area (Å²) < 4.78 is 1.12. The molecule has 0 fully saturated rings. The zero-order valence-electron chi connectivity index (χ0n) is 8.20. The molecule has 0 aliphatic rings. The molecule has 1 aromatic heterocycles. The third kappa shape index (κ3) is 3.29. The number of thioether (sulfide) groups is 1. The normalized spacial score (nSPS) is 13.2. The first-order chi connectivity index (χ1) is 6.13. The highest BCUT2D eigenvalue weighted by molar-refractivity contribution is 8.01. The molecule has 1 N–H and O–H groups in total. The first-order valence-corrected chi connectivity index (χ1v) is 6.11. The fourth-order valence-corrected chi connectivity index (χ4v) is 2.96. The van der Waals surface area contributed by atoms with Gasteiger partial charge in [0.2, 0.25) is 0 Å². The lowest BCUT2D eigenvalue weighted by molar-refractivity contribution is 0.250. The first-order valence-electron chi connectivity index (χ1n) is 4.31. The van der Waals surface area contributed by atoms with Gasteiger partial charge in [0.05, 0.1) is 5.69 Å². The quantitative estimate of drug-likeness (QED) is 0.787. The Kier molecular flexibility index (Phi) is 4.22. The van der Waals surface area contributed by atoms with Crippen LogP contribution in [0.4, 0.5) is 0 Å². The van der Waals surface area contributed by atoms with Crippen LogP contribution in [0.1, 0.15) is 17.5 Å². The van der Waals surface area contributed by atoms with E-state index in [1.807, 2.05) is 13.8 Å². The summed E-state index contributed by atoms with van der Waals surface area (Å²) in [5, 5.41) is 8.84. The van der Waals surface area contributed by atoms with Gasteiger partial charge in [0.25, 0.3) is 0 Å². The summed E-state index contributed by atoms with van der Waals surface area (Å²) in [5.41, 5.74) is 1.13. The second kappa shape index (κ2) is 4.98. The Hall–Kier alpha value is -0.0600. The van der Waals surface area contributed by atoms with Crippen molar-refractivity contribution in [3.63, 3.8) is 0 Å². The molecule has 74 valence electrons. The summed E-state index contributed by atoms with van der Waals surface area (Å²) in [4.78, 5) is 5.71. The minimum absolute atomic E-state index is 0.260. The lowest BCUT2D eigenvalue weighted by Gasteiger charge is -2.03. The van der Waals surface area contributed by atoms with E-state index in [1.54, 1.807) is 23.1 Å². The fourth-order valence-electron chi connectivity index (χ4n) is 0.771. The number of aryl methyl sites for hydroxylation is 2.